The number of nitrogens with zero attached hydrogens (tertiary/aromatic N) is 3. The fraction of sp³-hybridized carbons (Fsp3) is 0.0952. The van der Waals surface area contributed by atoms with Gasteiger partial charge in [-0.25, -0.2) is 4.39 Å². The first-order valence-electron chi connectivity index (χ1n) is 8.98. The van der Waals surface area contributed by atoms with Crippen molar-refractivity contribution in [2.24, 2.45) is 0 Å². The van der Waals surface area contributed by atoms with Gasteiger partial charge in [0.2, 0.25) is 17.3 Å². The van der Waals surface area contributed by atoms with Gasteiger partial charge in [0.05, 0.1) is 0 Å². The zero-order chi connectivity index (χ0) is 20.7. The zero-order valence-corrected chi connectivity index (χ0v) is 18.0. The third-order valence-electron chi connectivity index (χ3n) is 4.58. The third kappa shape index (κ3) is 3.54. The number of benzene rings is 2. The summed E-state index contributed by atoms with van der Waals surface area (Å²) in [5.41, 5.74) is 2.95. The Morgan fingerprint density at radius 3 is 2.70 bits per heavy atom. The molecule has 0 spiro atoms. The van der Waals surface area contributed by atoms with Crippen LogP contribution in [0, 0.1) is 5.82 Å². The first kappa shape index (κ1) is 19.1. The van der Waals surface area contributed by atoms with E-state index in [0.717, 1.165) is 21.3 Å². The Morgan fingerprint density at radius 2 is 1.90 bits per heavy atom. The minimum Gasteiger partial charge on any atom is -0.455 e. The second-order valence-electron chi connectivity index (χ2n) is 6.49. The van der Waals surface area contributed by atoms with Gasteiger partial charge in [-0.05, 0) is 60.9 Å². The normalized spacial score (nSPS) is 14.8. The van der Waals surface area contributed by atoms with E-state index in [9.17, 15) is 4.39 Å². The molecule has 9 heteroatoms. The maximum absolute atomic E-state index is 13.2. The molecule has 0 aliphatic carbocycles. The molecule has 150 valence electrons. The molecule has 4 aromatic rings. The van der Waals surface area contributed by atoms with Gasteiger partial charge < -0.3 is 14.5 Å². The van der Waals surface area contributed by atoms with E-state index in [0.29, 0.717) is 28.3 Å². The third-order valence-corrected chi connectivity index (χ3v) is 5.62. The topological polar surface area (TPSA) is 73.1 Å². The number of ether oxygens (including phenoxy) is 1. The van der Waals surface area contributed by atoms with Crippen LogP contribution in [0.25, 0.3) is 22.6 Å². The number of nitrogens with one attached hydrogen (secondary N) is 1. The van der Waals surface area contributed by atoms with Crippen molar-refractivity contribution in [2.75, 3.05) is 11.6 Å². The number of thioether (sulfide) groups is 1. The molecule has 6 nitrogen and oxygen atoms in total. The molecule has 0 saturated heterocycles. The van der Waals surface area contributed by atoms with Gasteiger partial charge in [-0.2, -0.15) is 4.98 Å². The maximum atomic E-state index is 13.2. The highest BCUT2D eigenvalue weighted by atomic mass is 79.9. The van der Waals surface area contributed by atoms with Crippen LogP contribution in [0.5, 0.6) is 5.88 Å². The lowest BCUT2D eigenvalue weighted by Crippen LogP contribution is -2.16. The summed E-state index contributed by atoms with van der Waals surface area (Å²) >= 11 is 4.89. The summed E-state index contributed by atoms with van der Waals surface area (Å²) in [6.07, 6.45) is 1.24. The summed E-state index contributed by atoms with van der Waals surface area (Å²) in [6.45, 7) is 0. The van der Waals surface area contributed by atoms with E-state index in [1.165, 1.54) is 23.9 Å². The monoisotopic (exact) mass is 484 g/mol. The van der Waals surface area contributed by atoms with Crippen molar-refractivity contribution in [3.05, 3.63) is 70.6 Å². The molecule has 5 rings (SSSR count). The van der Waals surface area contributed by atoms with Crippen molar-refractivity contribution >= 4 is 33.4 Å². The molecule has 0 bridgehead atoms. The predicted octanol–water partition coefficient (Wildman–Crippen LogP) is 5.93. The number of furan rings is 1. The second-order valence-corrected chi connectivity index (χ2v) is 8.18. The van der Waals surface area contributed by atoms with E-state index in [2.05, 4.69) is 36.4 Å². The Bertz CT molecular complexity index is 1230. The Labute approximate surface area is 184 Å². The highest BCUT2D eigenvalue weighted by Crippen LogP contribution is 2.41. The molecule has 0 radical (unpaired) electrons. The molecule has 0 unspecified atom stereocenters. The molecule has 0 amide bonds. The molecule has 30 heavy (non-hydrogen) atoms. The van der Waals surface area contributed by atoms with Crippen molar-refractivity contribution in [3.63, 3.8) is 0 Å². The van der Waals surface area contributed by atoms with Crippen LogP contribution in [-0.4, -0.2) is 21.4 Å². The van der Waals surface area contributed by atoms with Gasteiger partial charge in [-0.3, -0.25) is 0 Å². The van der Waals surface area contributed by atoms with Gasteiger partial charge in [0.15, 0.2) is 11.5 Å². The summed E-state index contributed by atoms with van der Waals surface area (Å²) in [6, 6.07) is 15.6. The minimum absolute atomic E-state index is 0.296. The highest BCUT2D eigenvalue weighted by molar-refractivity contribution is 9.10. The van der Waals surface area contributed by atoms with E-state index in [-0.39, 0.29) is 5.82 Å². The molecule has 1 aliphatic rings. The average Bonchev–Trinajstić information content (AvgIpc) is 3.19. The Hall–Kier alpha value is -2.91. The summed E-state index contributed by atoms with van der Waals surface area (Å²) in [7, 11) is 0. The van der Waals surface area contributed by atoms with Gasteiger partial charge in [0, 0.05) is 21.3 Å². The maximum Gasteiger partial charge on any atom is 0.247 e. The second kappa shape index (κ2) is 7.73. The van der Waals surface area contributed by atoms with Crippen molar-refractivity contribution in [3.8, 4) is 28.5 Å². The standard InChI is InChI=1S/C21H14BrFN4O2S/c1-30-21-25-20-18(26-27-21)14-10-12(22)4-7-15(14)24-19(29-20)17-9-8-16(28-17)11-2-5-13(23)6-3-11/h2-10,19,24H,1H3/t19-/m1/s1. The van der Waals surface area contributed by atoms with Crippen LogP contribution in [0.1, 0.15) is 12.0 Å². The molecule has 0 saturated carbocycles. The van der Waals surface area contributed by atoms with Crippen molar-refractivity contribution in [1.82, 2.24) is 15.2 Å². The molecular formula is C21H14BrFN4O2S. The van der Waals surface area contributed by atoms with E-state index < -0.39 is 6.23 Å². The fourth-order valence-corrected chi connectivity index (χ4v) is 3.81. The Kier molecular flexibility index (Phi) is 4.92. The lowest BCUT2D eigenvalue weighted by atomic mass is 10.1. The van der Waals surface area contributed by atoms with Gasteiger partial charge in [-0.1, -0.05) is 27.7 Å². The van der Waals surface area contributed by atoms with Crippen LogP contribution >= 0.6 is 27.7 Å². The molecule has 1 aliphatic heterocycles. The summed E-state index contributed by atoms with van der Waals surface area (Å²) in [5.74, 6) is 1.24. The van der Waals surface area contributed by atoms with E-state index in [1.54, 1.807) is 12.1 Å². The zero-order valence-electron chi connectivity index (χ0n) is 15.6. The largest absolute Gasteiger partial charge is 0.455 e. The van der Waals surface area contributed by atoms with Gasteiger partial charge in [0.25, 0.3) is 0 Å². The predicted molar refractivity (Wildman–Crippen MR) is 116 cm³/mol. The van der Waals surface area contributed by atoms with Crippen molar-refractivity contribution in [2.45, 2.75) is 11.4 Å². The molecule has 3 heterocycles. The van der Waals surface area contributed by atoms with Crippen LogP contribution in [0.4, 0.5) is 10.1 Å². The molecule has 2 aromatic heterocycles. The summed E-state index contributed by atoms with van der Waals surface area (Å²) in [5, 5.41) is 12.4. The number of halogens is 2. The van der Waals surface area contributed by atoms with Crippen LogP contribution in [0.3, 0.4) is 0 Å². The minimum atomic E-state index is -0.633. The number of aromatic nitrogens is 3. The van der Waals surface area contributed by atoms with E-state index >= 15 is 0 Å². The Morgan fingerprint density at radius 1 is 1.07 bits per heavy atom. The van der Waals surface area contributed by atoms with Crippen molar-refractivity contribution in [1.29, 1.82) is 0 Å². The van der Waals surface area contributed by atoms with Crippen LogP contribution < -0.4 is 10.1 Å². The van der Waals surface area contributed by atoms with Crippen LogP contribution in [0.15, 0.2) is 68.6 Å². The lowest BCUT2D eigenvalue weighted by molar-refractivity contribution is 0.196. The van der Waals surface area contributed by atoms with Gasteiger partial charge in [0.1, 0.15) is 11.6 Å². The molecule has 1 atom stereocenters. The van der Waals surface area contributed by atoms with E-state index in [4.69, 9.17) is 9.15 Å². The number of fused-ring (bicyclic) bond motifs is 3. The first-order valence-corrected chi connectivity index (χ1v) is 11.0. The number of anilines is 1. The smallest absolute Gasteiger partial charge is 0.247 e. The van der Waals surface area contributed by atoms with Gasteiger partial charge in [-0.15, -0.1) is 10.2 Å². The quantitative estimate of drug-likeness (QED) is 0.361. The average molecular weight is 485 g/mol. The molecule has 0 fully saturated rings. The lowest BCUT2D eigenvalue weighted by Gasteiger charge is -2.16. The number of rotatable bonds is 3. The highest BCUT2D eigenvalue weighted by Gasteiger charge is 2.28. The summed E-state index contributed by atoms with van der Waals surface area (Å²) < 4.78 is 26.3. The van der Waals surface area contributed by atoms with Gasteiger partial charge >= 0.3 is 0 Å². The molecular weight excluding hydrogens is 471 g/mol. The molecule has 1 N–H and O–H groups in total. The number of hydrogen-bond acceptors (Lipinski definition) is 7. The van der Waals surface area contributed by atoms with E-state index in [1.807, 2.05) is 36.6 Å². The summed E-state index contributed by atoms with van der Waals surface area (Å²) in [4.78, 5) is 4.50. The van der Waals surface area contributed by atoms with Crippen molar-refractivity contribution < 1.29 is 13.5 Å². The fourth-order valence-electron chi connectivity index (χ4n) is 3.15. The SMILES string of the molecule is CSc1nnc2c(n1)O[C@H](c1ccc(-c3ccc(F)cc3)o1)Nc1ccc(Br)cc1-2. The van der Waals surface area contributed by atoms with Crippen LogP contribution in [0.2, 0.25) is 0 Å². The molecule has 2 aromatic carbocycles. The number of hydrogen-bond donors (Lipinski definition) is 1. The Balaban J connectivity index is 1.57. The first-order chi connectivity index (χ1) is 14.6. The van der Waals surface area contributed by atoms with Crippen LogP contribution in [-0.2, 0) is 0 Å².